The summed E-state index contributed by atoms with van der Waals surface area (Å²) in [6, 6.07) is 3.74. The Labute approximate surface area is 133 Å². The zero-order valence-corrected chi connectivity index (χ0v) is 13.1. The molecule has 0 aromatic heterocycles. The van der Waals surface area contributed by atoms with Crippen molar-refractivity contribution in [2.45, 2.75) is 32.2 Å². The van der Waals surface area contributed by atoms with Gasteiger partial charge in [-0.2, -0.15) is 0 Å². The molecule has 1 saturated heterocycles. The number of carbonyl (C=O) groups is 2. The van der Waals surface area contributed by atoms with E-state index in [2.05, 4.69) is 0 Å². The van der Waals surface area contributed by atoms with Gasteiger partial charge in [-0.1, -0.05) is 18.0 Å². The molecule has 1 aromatic rings. The maximum absolute atomic E-state index is 13.3. The van der Waals surface area contributed by atoms with E-state index in [-0.39, 0.29) is 22.8 Å². The van der Waals surface area contributed by atoms with Crippen LogP contribution in [-0.4, -0.2) is 35.8 Å². The molecule has 1 unspecified atom stereocenters. The van der Waals surface area contributed by atoms with Crippen LogP contribution >= 0.6 is 11.6 Å². The smallest absolute Gasteiger partial charge is 0.249 e. The Morgan fingerprint density at radius 2 is 2.05 bits per heavy atom. The summed E-state index contributed by atoms with van der Waals surface area (Å²) in [6.07, 6.45) is 2.94. The third kappa shape index (κ3) is 2.58. The highest BCUT2D eigenvalue weighted by Gasteiger charge is 2.38. The van der Waals surface area contributed by atoms with Gasteiger partial charge in [0, 0.05) is 24.7 Å². The highest BCUT2D eigenvalue weighted by molar-refractivity contribution is 6.31. The number of hydrogen-bond donors (Lipinski definition) is 0. The zero-order valence-electron chi connectivity index (χ0n) is 12.4. The molecule has 2 amide bonds. The van der Waals surface area contributed by atoms with Crippen LogP contribution in [0.2, 0.25) is 5.02 Å². The summed E-state index contributed by atoms with van der Waals surface area (Å²) in [6.45, 7) is 2.65. The van der Waals surface area contributed by atoms with E-state index in [0.29, 0.717) is 18.8 Å². The average Bonchev–Trinajstić information content (AvgIpc) is 2.43. The molecule has 1 aliphatic carbocycles. The first-order valence-corrected chi connectivity index (χ1v) is 7.93. The van der Waals surface area contributed by atoms with Crippen molar-refractivity contribution in [2.24, 2.45) is 5.92 Å². The van der Waals surface area contributed by atoms with Gasteiger partial charge in [-0.05, 0) is 38.0 Å². The van der Waals surface area contributed by atoms with Gasteiger partial charge < -0.3 is 9.80 Å². The van der Waals surface area contributed by atoms with E-state index >= 15 is 0 Å². The summed E-state index contributed by atoms with van der Waals surface area (Å²) in [5, 5.41) is -0.00840. The van der Waals surface area contributed by atoms with Crippen LogP contribution in [0.3, 0.4) is 0 Å². The van der Waals surface area contributed by atoms with Crippen LogP contribution in [0, 0.1) is 11.7 Å². The predicted molar refractivity (Wildman–Crippen MR) is 82.3 cm³/mol. The fourth-order valence-electron chi connectivity index (χ4n) is 2.97. The van der Waals surface area contributed by atoms with Gasteiger partial charge in [-0.3, -0.25) is 9.59 Å². The molecule has 0 N–H and O–H groups in total. The SMILES string of the molecule is CC1C(=O)N(c2ccc(F)c(Cl)c2)CCN1C(=O)C1CCC1. The lowest BCUT2D eigenvalue weighted by Crippen LogP contribution is -2.59. The molecule has 1 heterocycles. The molecule has 1 atom stereocenters. The van der Waals surface area contributed by atoms with Crippen molar-refractivity contribution in [3.05, 3.63) is 29.0 Å². The standard InChI is InChI=1S/C16H18ClFN2O2/c1-10-15(21)20(12-5-6-14(18)13(17)9-12)8-7-19(10)16(22)11-3-2-4-11/h5-6,9-11H,2-4,7-8H2,1H3. The summed E-state index contributed by atoms with van der Waals surface area (Å²) >= 11 is 5.79. The van der Waals surface area contributed by atoms with Gasteiger partial charge in [-0.25, -0.2) is 4.39 Å². The van der Waals surface area contributed by atoms with Crippen LogP contribution in [0.5, 0.6) is 0 Å². The summed E-state index contributed by atoms with van der Waals surface area (Å²) in [4.78, 5) is 28.2. The average molecular weight is 325 g/mol. The summed E-state index contributed by atoms with van der Waals surface area (Å²) in [5.74, 6) is -0.489. The van der Waals surface area contributed by atoms with Gasteiger partial charge in [0.05, 0.1) is 5.02 Å². The minimum absolute atomic E-state index is 0.00840. The van der Waals surface area contributed by atoms with E-state index in [1.165, 1.54) is 18.2 Å². The molecule has 0 bridgehead atoms. The van der Waals surface area contributed by atoms with E-state index in [9.17, 15) is 14.0 Å². The number of halogens is 2. The molecule has 6 heteroatoms. The Bertz CT molecular complexity index is 618. The second-order valence-electron chi connectivity index (χ2n) is 5.92. The summed E-state index contributed by atoms with van der Waals surface area (Å²) in [5.41, 5.74) is 0.569. The minimum atomic E-state index is -0.510. The highest BCUT2D eigenvalue weighted by atomic mass is 35.5. The molecule has 0 radical (unpaired) electrons. The van der Waals surface area contributed by atoms with Crippen molar-refractivity contribution in [1.82, 2.24) is 4.90 Å². The fourth-order valence-corrected chi connectivity index (χ4v) is 3.15. The van der Waals surface area contributed by atoms with Gasteiger partial charge >= 0.3 is 0 Å². The van der Waals surface area contributed by atoms with E-state index in [1.54, 1.807) is 16.7 Å². The van der Waals surface area contributed by atoms with Gasteiger partial charge in [-0.15, -0.1) is 0 Å². The molecular formula is C16H18ClFN2O2. The lowest BCUT2D eigenvalue weighted by molar-refractivity contribution is -0.146. The van der Waals surface area contributed by atoms with E-state index in [4.69, 9.17) is 11.6 Å². The normalized spacial score (nSPS) is 22.7. The monoisotopic (exact) mass is 324 g/mol. The van der Waals surface area contributed by atoms with Crippen LogP contribution in [0.4, 0.5) is 10.1 Å². The largest absolute Gasteiger partial charge is 0.329 e. The van der Waals surface area contributed by atoms with Gasteiger partial charge in [0.2, 0.25) is 11.8 Å². The minimum Gasteiger partial charge on any atom is -0.329 e. The quantitative estimate of drug-likeness (QED) is 0.839. The number of anilines is 1. The van der Waals surface area contributed by atoms with Gasteiger partial charge in [0.15, 0.2) is 0 Å². The first-order valence-electron chi connectivity index (χ1n) is 7.56. The van der Waals surface area contributed by atoms with Crippen LogP contribution in [0.1, 0.15) is 26.2 Å². The molecule has 118 valence electrons. The Morgan fingerprint density at radius 3 is 2.64 bits per heavy atom. The molecule has 0 spiro atoms. The van der Waals surface area contributed by atoms with Gasteiger partial charge in [0.25, 0.3) is 0 Å². The number of nitrogens with zero attached hydrogens (tertiary/aromatic N) is 2. The summed E-state index contributed by atoms with van der Waals surface area (Å²) in [7, 11) is 0. The van der Waals surface area contributed by atoms with E-state index < -0.39 is 11.9 Å². The van der Waals surface area contributed by atoms with Crippen molar-refractivity contribution in [3.8, 4) is 0 Å². The molecule has 1 aromatic carbocycles. The Morgan fingerprint density at radius 1 is 1.32 bits per heavy atom. The van der Waals surface area contributed by atoms with Crippen LogP contribution in [0.15, 0.2) is 18.2 Å². The second-order valence-corrected chi connectivity index (χ2v) is 6.33. The number of benzene rings is 1. The number of carbonyl (C=O) groups excluding carboxylic acids is 2. The molecule has 3 rings (SSSR count). The maximum atomic E-state index is 13.3. The predicted octanol–water partition coefficient (Wildman–Crippen LogP) is 2.84. The Kier molecular flexibility index (Phi) is 4.08. The molecule has 4 nitrogen and oxygen atoms in total. The van der Waals surface area contributed by atoms with Crippen molar-refractivity contribution in [3.63, 3.8) is 0 Å². The third-order valence-corrected chi connectivity index (χ3v) is 4.90. The highest BCUT2D eigenvalue weighted by Crippen LogP contribution is 2.31. The molecule has 1 saturated carbocycles. The lowest BCUT2D eigenvalue weighted by atomic mass is 9.84. The number of hydrogen-bond acceptors (Lipinski definition) is 2. The molecular weight excluding hydrogens is 307 g/mol. The first kappa shape index (κ1) is 15.3. The van der Waals surface area contributed by atoms with Crippen molar-refractivity contribution in [1.29, 1.82) is 0 Å². The Balaban J connectivity index is 1.76. The summed E-state index contributed by atoms with van der Waals surface area (Å²) < 4.78 is 13.3. The first-order chi connectivity index (χ1) is 10.5. The Hall–Kier alpha value is -1.62. The van der Waals surface area contributed by atoms with E-state index in [1.807, 2.05) is 0 Å². The van der Waals surface area contributed by atoms with Crippen molar-refractivity contribution in [2.75, 3.05) is 18.0 Å². The number of amides is 2. The number of rotatable bonds is 2. The van der Waals surface area contributed by atoms with E-state index in [0.717, 1.165) is 19.3 Å². The van der Waals surface area contributed by atoms with Crippen LogP contribution in [-0.2, 0) is 9.59 Å². The third-order valence-electron chi connectivity index (χ3n) is 4.61. The molecule has 1 aliphatic heterocycles. The van der Waals surface area contributed by atoms with Gasteiger partial charge in [0.1, 0.15) is 11.9 Å². The lowest BCUT2D eigenvalue weighted by Gasteiger charge is -2.41. The van der Waals surface area contributed by atoms with Crippen molar-refractivity contribution >= 4 is 29.1 Å². The molecule has 2 aliphatic rings. The second kappa shape index (κ2) is 5.88. The van der Waals surface area contributed by atoms with Crippen molar-refractivity contribution < 1.29 is 14.0 Å². The number of piperazine rings is 1. The zero-order chi connectivity index (χ0) is 15.9. The van der Waals surface area contributed by atoms with Crippen LogP contribution in [0.25, 0.3) is 0 Å². The van der Waals surface area contributed by atoms with Crippen LogP contribution < -0.4 is 4.90 Å². The molecule has 2 fully saturated rings. The molecule has 22 heavy (non-hydrogen) atoms. The fraction of sp³-hybridized carbons (Fsp3) is 0.500. The maximum Gasteiger partial charge on any atom is 0.249 e. The topological polar surface area (TPSA) is 40.6 Å².